The van der Waals surface area contributed by atoms with E-state index in [2.05, 4.69) is 4.74 Å². The largest absolute Gasteiger partial charge is 0.464 e. The summed E-state index contributed by atoms with van der Waals surface area (Å²) in [6.07, 6.45) is -1.76. The number of carbonyl (C=O) groups excluding carboxylic acids is 1. The topological polar surface area (TPSA) is 26.3 Å². The summed E-state index contributed by atoms with van der Waals surface area (Å²) in [6, 6.07) is 4.64. The summed E-state index contributed by atoms with van der Waals surface area (Å²) in [5.74, 6) is -0.877. The molecule has 0 fully saturated rings. The molecule has 15 heavy (non-hydrogen) atoms. The Balaban J connectivity index is 2.86. The molecule has 0 radical (unpaired) electrons. The van der Waals surface area contributed by atoms with Gasteiger partial charge in [0.05, 0.1) is 6.61 Å². The first-order valence-electron chi connectivity index (χ1n) is 4.63. The highest BCUT2D eigenvalue weighted by Gasteiger charge is 2.21. The van der Waals surface area contributed by atoms with Gasteiger partial charge in [0.25, 0.3) is 0 Å². The van der Waals surface area contributed by atoms with E-state index >= 15 is 0 Å². The molecule has 0 aromatic heterocycles. The van der Waals surface area contributed by atoms with E-state index in [9.17, 15) is 9.18 Å². The SMILES string of the molecule is CCOC(=O)C(F)c1ccc(C)c(Cl)c1. The van der Waals surface area contributed by atoms with E-state index in [0.29, 0.717) is 5.02 Å². The van der Waals surface area contributed by atoms with Crippen molar-refractivity contribution < 1.29 is 13.9 Å². The Labute approximate surface area is 93.0 Å². The van der Waals surface area contributed by atoms with Gasteiger partial charge >= 0.3 is 5.97 Å². The van der Waals surface area contributed by atoms with Crippen molar-refractivity contribution in [3.63, 3.8) is 0 Å². The average Bonchev–Trinajstić information content (AvgIpc) is 2.21. The van der Waals surface area contributed by atoms with E-state index in [1.165, 1.54) is 12.1 Å². The van der Waals surface area contributed by atoms with Gasteiger partial charge in [-0.25, -0.2) is 9.18 Å². The third kappa shape index (κ3) is 2.93. The van der Waals surface area contributed by atoms with Crippen LogP contribution in [0.1, 0.15) is 24.2 Å². The van der Waals surface area contributed by atoms with Crippen molar-refractivity contribution in [3.05, 3.63) is 34.3 Å². The fourth-order valence-electron chi connectivity index (χ4n) is 1.12. The molecule has 0 aliphatic heterocycles. The summed E-state index contributed by atoms with van der Waals surface area (Å²) >= 11 is 5.82. The minimum atomic E-state index is -1.76. The van der Waals surface area contributed by atoms with E-state index in [-0.39, 0.29) is 12.2 Å². The predicted molar refractivity (Wildman–Crippen MR) is 56.7 cm³/mol. The lowest BCUT2D eigenvalue weighted by Crippen LogP contribution is -2.11. The number of halogens is 2. The molecule has 4 heteroatoms. The van der Waals surface area contributed by atoms with Gasteiger partial charge in [0.1, 0.15) is 0 Å². The van der Waals surface area contributed by atoms with Crippen molar-refractivity contribution in [2.75, 3.05) is 6.61 Å². The predicted octanol–water partition coefficient (Wildman–Crippen LogP) is 3.22. The van der Waals surface area contributed by atoms with E-state index < -0.39 is 12.1 Å². The summed E-state index contributed by atoms with van der Waals surface area (Å²) in [4.78, 5) is 11.1. The lowest BCUT2D eigenvalue weighted by molar-refractivity contribution is -0.149. The van der Waals surface area contributed by atoms with Crippen molar-refractivity contribution >= 4 is 17.6 Å². The van der Waals surface area contributed by atoms with Gasteiger partial charge in [-0.15, -0.1) is 0 Å². The Morgan fingerprint density at radius 2 is 2.27 bits per heavy atom. The van der Waals surface area contributed by atoms with Crippen LogP contribution in [0.4, 0.5) is 4.39 Å². The lowest BCUT2D eigenvalue weighted by atomic mass is 10.1. The second-order valence-corrected chi connectivity index (χ2v) is 3.53. The van der Waals surface area contributed by atoms with Gasteiger partial charge in [0, 0.05) is 5.02 Å². The maximum absolute atomic E-state index is 13.5. The van der Waals surface area contributed by atoms with Crippen LogP contribution in [0.25, 0.3) is 0 Å². The van der Waals surface area contributed by atoms with Gasteiger partial charge in [-0.05, 0) is 31.0 Å². The molecule has 0 amide bonds. The summed E-state index contributed by atoms with van der Waals surface area (Å²) in [5, 5.41) is 0.444. The standard InChI is InChI=1S/C11H12ClFO2/c1-3-15-11(14)10(13)8-5-4-7(2)9(12)6-8/h4-6,10H,3H2,1-2H3. The molecule has 0 aliphatic rings. The zero-order valence-corrected chi connectivity index (χ0v) is 9.34. The number of aryl methyl sites for hydroxylation is 1. The minimum absolute atomic E-state index is 0.166. The van der Waals surface area contributed by atoms with Crippen molar-refractivity contribution in [2.45, 2.75) is 20.0 Å². The molecular formula is C11H12ClFO2. The number of rotatable bonds is 3. The van der Waals surface area contributed by atoms with Gasteiger partial charge in [-0.1, -0.05) is 23.7 Å². The Morgan fingerprint density at radius 3 is 2.80 bits per heavy atom. The maximum atomic E-state index is 13.5. The molecule has 1 aromatic carbocycles. The van der Waals surface area contributed by atoms with Crippen LogP contribution in [0.2, 0.25) is 5.02 Å². The first kappa shape index (κ1) is 12.0. The molecule has 2 nitrogen and oxygen atoms in total. The molecule has 0 heterocycles. The highest BCUT2D eigenvalue weighted by molar-refractivity contribution is 6.31. The Hall–Kier alpha value is -1.09. The van der Waals surface area contributed by atoms with E-state index in [1.54, 1.807) is 13.0 Å². The molecule has 0 bridgehead atoms. The average molecular weight is 231 g/mol. The Morgan fingerprint density at radius 1 is 1.60 bits per heavy atom. The van der Waals surface area contributed by atoms with Crippen LogP contribution < -0.4 is 0 Å². The number of alkyl halides is 1. The van der Waals surface area contributed by atoms with Crippen molar-refractivity contribution in [1.82, 2.24) is 0 Å². The molecule has 1 unspecified atom stereocenters. The zero-order chi connectivity index (χ0) is 11.4. The minimum Gasteiger partial charge on any atom is -0.464 e. The van der Waals surface area contributed by atoms with E-state index in [0.717, 1.165) is 5.56 Å². The smallest absolute Gasteiger partial charge is 0.345 e. The molecule has 0 N–H and O–H groups in total. The summed E-state index contributed by atoms with van der Waals surface area (Å²) in [7, 11) is 0. The molecule has 0 saturated heterocycles. The van der Waals surface area contributed by atoms with Crippen LogP contribution in [0.15, 0.2) is 18.2 Å². The van der Waals surface area contributed by atoms with Crippen LogP contribution >= 0.6 is 11.6 Å². The summed E-state index contributed by atoms with van der Waals surface area (Å²) in [6.45, 7) is 3.61. The first-order valence-corrected chi connectivity index (χ1v) is 5.00. The number of hydrogen-bond acceptors (Lipinski definition) is 2. The number of hydrogen-bond donors (Lipinski definition) is 0. The number of benzene rings is 1. The van der Waals surface area contributed by atoms with Crippen molar-refractivity contribution in [1.29, 1.82) is 0 Å². The van der Waals surface area contributed by atoms with Crippen LogP contribution in [0.5, 0.6) is 0 Å². The number of ether oxygens (including phenoxy) is 1. The number of esters is 1. The molecule has 82 valence electrons. The molecule has 0 aliphatic carbocycles. The highest BCUT2D eigenvalue weighted by atomic mass is 35.5. The van der Waals surface area contributed by atoms with Crippen LogP contribution in [0, 0.1) is 6.92 Å². The van der Waals surface area contributed by atoms with Gasteiger partial charge in [-0.2, -0.15) is 0 Å². The monoisotopic (exact) mass is 230 g/mol. The fraction of sp³-hybridized carbons (Fsp3) is 0.364. The molecular weight excluding hydrogens is 219 g/mol. The molecule has 0 spiro atoms. The van der Waals surface area contributed by atoms with Gasteiger partial charge in [-0.3, -0.25) is 0 Å². The van der Waals surface area contributed by atoms with Gasteiger partial charge in [0.15, 0.2) is 0 Å². The lowest BCUT2D eigenvalue weighted by Gasteiger charge is -2.08. The molecule has 1 rings (SSSR count). The third-order valence-electron chi connectivity index (χ3n) is 1.98. The number of carbonyl (C=O) groups is 1. The van der Waals surface area contributed by atoms with Gasteiger partial charge < -0.3 is 4.74 Å². The second kappa shape index (κ2) is 5.12. The van der Waals surface area contributed by atoms with Crippen LogP contribution in [-0.4, -0.2) is 12.6 Å². The van der Waals surface area contributed by atoms with E-state index in [1.807, 2.05) is 6.92 Å². The van der Waals surface area contributed by atoms with Crippen LogP contribution in [0.3, 0.4) is 0 Å². The molecule has 1 atom stereocenters. The summed E-state index contributed by atoms with van der Waals surface area (Å²) < 4.78 is 18.1. The fourth-order valence-corrected chi connectivity index (χ4v) is 1.31. The quantitative estimate of drug-likeness (QED) is 0.746. The first-order chi connectivity index (χ1) is 7.06. The third-order valence-corrected chi connectivity index (χ3v) is 2.39. The molecule has 0 saturated carbocycles. The zero-order valence-electron chi connectivity index (χ0n) is 8.59. The van der Waals surface area contributed by atoms with Crippen molar-refractivity contribution in [3.8, 4) is 0 Å². The Bertz CT molecular complexity index is 366. The maximum Gasteiger partial charge on any atom is 0.345 e. The van der Waals surface area contributed by atoms with Crippen molar-refractivity contribution in [2.24, 2.45) is 0 Å². The van der Waals surface area contributed by atoms with E-state index in [4.69, 9.17) is 11.6 Å². The second-order valence-electron chi connectivity index (χ2n) is 3.12. The van der Waals surface area contributed by atoms with Crippen LogP contribution in [-0.2, 0) is 9.53 Å². The summed E-state index contributed by atoms with van der Waals surface area (Å²) in [5.41, 5.74) is 1.07. The highest BCUT2D eigenvalue weighted by Crippen LogP contribution is 2.24. The normalized spacial score (nSPS) is 12.3. The Kier molecular flexibility index (Phi) is 4.09. The van der Waals surface area contributed by atoms with Gasteiger partial charge in [0.2, 0.25) is 6.17 Å². The molecule has 1 aromatic rings.